The molecule has 3 rings (SSSR count). The van der Waals surface area contributed by atoms with Crippen molar-refractivity contribution in [3.05, 3.63) is 42.1 Å². The zero-order valence-electron chi connectivity index (χ0n) is 12.8. The molecule has 0 amide bonds. The van der Waals surface area contributed by atoms with Crippen LogP contribution in [-0.2, 0) is 4.74 Å². The molecule has 0 spiro atoms. The second-order valence-corrected chi connectivity index (χ2v) is 6.26. The highest BCUT2D eigenvalue weighted by atomic mass is 32.2. The maximum Gasteiger partial charge on any atom is 0.115 e. The van der Waals surface area contributed by atoms with E-state index in [-0.39, 0.29) is 0 Å². The molecule has 2 aromatic rings. The van der Waals surface area contributed by atoms with Gasteiger partial charge in [0.1, 0.15) is 11.1 Å². The topological polar surface area (TPSA) is 62.0 Å². The van der Waals surface area contributed by atoms with Gasteiger partial charge in [-0.2, -0.15) is 5.26 Å². The number of pyridine rings is 2. The van der Waals surface area contributed by atoms with Crippen molar-refractivity contribution < 1.29 is 4.74 Å². The standard InChI is InChI=1S/C17H18N4OS/c18-13-14-4-5-16(15-3-1-2-6-19-15)20-17(14)23-12-9-21-7-10-22-11-8-21/h1-6H,7-12H2. The minimum Gasteiger partial charge on any atom is -0.379 e. The van der Waals surface area contributed by atoms with Crippen LogP contribution in [0.4, 0.5) is 0 Å². The zero-order valence-corrected chi connectivity index (χ0v) is 13.6. The van der Waals surface area contributed by atoms with Crippen LogP contribution in [0.2, 0.25) is 0 Å². The SMILES string of the molecule is N#Cc1ccc(-c2ccccn2)nc1SCCN1CCOCC1. The maximum absolute atomic E-state index is 9.28. The second-order valence-electron chi connectivity index (χ2n) is 5.18. The quantitative estimate of drug-likeness (QED) is 0.787. The van der Waals surface area contributed by atoms with E-state index in [0.717, 1.165) is 55.0 Å². The van der Waals surface area contributed by atoms with Gasteiger partial charge in [-0.3, -0.25) is 9.88 Å². The Labute approximate surface area is 140 Å². The average molecular weight is 326 g/mol. The van der Waals surface area contributed by atoms with E-state index in [1.807, 2.05) is 30.3 Å². The van der Waals surface area contributed by atoms with Crippen molar-refractivity contribution in [1.29, 1.82) is 5.26 Å². The van der Waals surface area contributed by atoms with Crippen LogP contribution < -0.4 is 0 Å². The van der Waals surface area contributed by atoms with Crippen LogP contribution in [0.25, 0.3) is 11.4 Å². The van der Waals surface area contributed by atoms with E-state index >= 15 is 0 Å². The number of rotatable bonds is 5. The normalized spacial score (nSPS) is 15.3. The predicted octanol–water partition coefficient (Wildman–Crippen LogP) is 2.44. The molecule has 1 saturated heterocycles. The Morgan fingerprint density at radius 3 is 2.78 bits per heavy atom. The van der Waals surface area contributed by atoms with E-state index in [9.17, 15) is 5.26 Å². The largest absolute Gasteiger partial charge is 0.379 e. The summed E-state index contributed by atoms with van der Waals surface area (Å²) in [5.41, 5.74) is 2.25. The molecule has 6 heteroatoms. The van der Waals surface area contributed by atoms with E-state index < -0.39 is 0 Å². The average Bonchev–Trinajstić information content (AvgIpc) is 2.63. The minimum atomic E-state index is 0.622. The summed E-state index contributed by atoms with van der Waals surface area (Å²) in [6.45, 7) is 4.55. The summed E-state index contributed by atoms with van der Waals surface area (Å²) in [4.78, 5) is 11.3. The molecule has 1 aliphatic heterocycles. The molecule has 0 saturated carbocycles. The first-order valence-electron chi connectivity index (χ1n) is 7.62. The number of hydrogen-bond donors (Lipinski definition) is 0. The van der Waals surface area contributed by atoms with E-state index in [2.05, 4.69) is 20.9 Å². The molecule has 2 aromatic heterocycles. The predicted molar refractivity (Wildman–Crippen MR) is 90.2 cm³/mol. The summed E-state index contributed by atoms with van der Waals surface area (Å²) in [5, 5.41) is 10.1. The Bertz CT molecular complexity index is 681. The Balaban J connectivity index is 1.68. The Hall–Kier alpha value is -1.94. The molecule has 0 bridgehead atoms. The molecule has 0 aromatic carbocycles. The van der Waals surface area contributed by atoms with Gasteiger partial charge in [0.2, 0.25) is 0 Å². The van der Waals surface area contributed by atoms with Crippen molar-refractivity contribution in [3.63, 3.8) is 0 Å². The van der Waals surface area contributed by atoms with Crippen LogP contribution in [-0.4, -0.2) is 53.5 Å². The number of ether oxygens (including phenoxy) is 1. The van der Waals surface area contributed by atoms with Crippen LogP contribution in [0.1, 0.15) is 5.56 Å². The fraction of sp³-hybridized carbons (Fsp3) is 0.353. The smallest absolute Gasteiger partial charge is 0.115 e. The van der Waals surface area contributed by atoms with Gasteiger partial charge in [0.15, 0.2) is 0 Å². The Morgan fingerprint density at radius 2 is 2.04 bits per heavy atom. The van der Waals surface area contributed by atoms with Gasteiger partial charge in [-0.1, -0.05) is 6.07 Å². The number of hydrogen-bond acceptors (Lipinski definition) is 6. The van der Waals surface area contributed by atoms with Gasteiger partial charge in [0.25, 0.3) is 0 Å². The summed E-state index contributed by atoms with van der Waals surface area (Å²) in [5.74, 6) is 0.910. The Morgan fingerprint density at radius 1 is 1.17 bits per heavy atom. The Kier molecular flexibility index (Phi) is 5.59. The summed E-state index contributed by atoms with van der Waals surface area (Å²) in [6.07, 6.45) is 1.75. The number of nitrogens with zero attached hydrogens (tertiary/aromatic N) is 4. The second kappa shape index (κ2) is 8.06. The molecule has 1 fully saturated rings. The van der Waals surface area contributed by atoms with Crippen molar-refractivity contribution in [2.75, 3.05) is 38.6 Å². The molecular weight excluding hydrogens is 308 g/mol. The summed E-state index contributed by atoms with van der Waals surface area (Å²) < 4.78 is 5.35. The van der Waals surface area contributed by atoms with E-state index in [4.69, 9.17) is 4.74 Å². The minimum absolute atomic E-state index is 0.622. The van der Waals surface area contributed by atoms with Gasteiger partial charge in [0, 0.05) is 31.6 Å². The molecule has 0 aliphatic carbocycles. The number of morpholine rings is 1. The van der Waals surface area contributed by atoms with E-state index in [1.165, 1.54) is 0 Å². The molecule has 0 N–H and O–H groups in total. The van der Waals surface area contributed by atoms with Crippen LogP contribution in [0.3, 0.4) is 0 Å². The molecule has 23 heavy (non-hydrogen) atoms. The van der Waals surface area contributed by atoms with Crippen molar-refractivity contribution in [2.45, 2.75) is 5.03 Å². The van der Waals surface area contributed by atoms with Crippen LogP contribution in [0.15, 0.2) is 41.6 Å². The zero-order chi connectivity index (χ0) is 15.9. The molecule has 0 atom stereocenters. The first-order chi connectivity index (χ1) is 11.4. The van der Waals surface area contributed by atoms with Crippen molar-refractivity contribution in [1.82, 2.24) is 14.9 Å². The van der Waals surface area contributed by atoms with Crippen molar-refractivity contribution in [2.24, 2.45) is 0 Å². The highest BCUT2D eigenvalue weighted by molar-refractivity contribution is 7.99. The van der Waals surface area contributed by atoms with Crippen LogP contribution >= 0.6 is 11.8 Å². The lowest BCUT2D eigenvalue weighted by Gasteiger charge is -2.26. The van der Waals surface area contributed by atoms with Gasteiger partial charge in [0.05, 0.1) is 30.2 Å². The molecular formula is C17H18N4OS. The molecule has 0 radical (unpaired) electrons. The molecule has 1 aliphatic rings. The summed E-state index contributed by atoms with van der Waals surface area (Å²) in [7, 11) is 0. The van der Waals surface area contributed by atoms with Gasteiger partial charge in [-0.05, 0) is 24.3 Å². The number of aromatic nitrogens is 2. The lowest BCUT2D eigenvalue weighted by Crippen LogP contribution is -2.37. The fourth-order valence-electron chi connectivity index (χ4n) is 2.39. The van der Waals surface area contributed by atoms with E-state index in [0.29, 0.717) is 5.56 Å². The lowest BCUT2D eigenvalue weighted by molar-refractivity contribution is 0.0410. The molecule has 0 unspecified atom stereocenters. The monoisotopic (exact) mass is 326 g/mol. The van der Waals surface area contributed by atoms with E-state index in [1.54, 1.807) is 18.0 Å². The van der Waals surface area contributed by atoms with Gasteiger partial charge >= 0.3 is 0 Å². The highest BCUT2D eigenvalue weighted by Gasteiger charge is 2.12. The van der Waals surface area contributed by atoms with Gasteiger partial charge in [-0.25, -0.2) is 4.98 Å². The molecule has 3 heterocycles. The number of nitriles is 1. The van der Waals surface area contributed by atoms with Crippen LogP contribution in [0, 0.1) is 11.3 Å². The summed E-state index contributed by atoms with van der Waals surface area (Å²) in [6, 6.07) is 11.7. The van der Waals surface area contributed by atoms with Crippen LogP contribution in [0.5, 0.6) is 0 Å². The lowest BCUT2D eigenvalue weighted by atomic mass is 10.2. The third-order valence-electron chi connectivity index (χ3n) is 3.66. The molecule has 5 nitrogen and oxygen atoms in total. The van der Waals surface area contributed by atoms with Gasteiger partial charge in [-0.15, -0.1) is 11.8 Å². The maximum atomic E-state index is 9.28. The number of thioether (sulfide) groups is 1. The van der Waals surface area contributed by atoms with Crippen molar-refractivity contribution in [3.8, 4) is 17.5 Å². The first kappa shape index (κ1) is 15.9. The first-order valence-corrected chi connectivity index (χ1v) is 8.61. The molecule has 118 valence electrons. The highest BCUT2D eigenvalue weighted by Crippen LogP contribution is 2.24. The van der Waals surface area contributed by atoms with Gasteiger partial charge < -0.3 is 4.74 Å². The third-order valence-corrected chi connectivity index (χ3v) is 4.63. The third kappa shape index (κ3) is 4.29. The van der Waals surface area contributed by atoms with Crippen molar-refractivity contribution >= 4 is 11.8 Å². The summed E-state index contributed by atoms with van der Waals surface area (Å²) >= 11 is 1.63. The fourth-order valence-corrected chi connectivity index (χ4v) is 3.36.